The second-order valence-corrected chi connectivity index (χ2v) is 13.1. The molecule has 0 spiro atoms. The zero-order chi connectivity index (χ0) is 42.9. The number of nitriles is 2. The molecule has 4 amide bonds. The molecule has 0 aliphatic carbocycles. The van der Waals surface area contributed by atoms with Gasteiger partial charge in [0.2, 0.25) is 0 Å². The van der Waals surface area contributed by atoms with Crippen molar-refractivity contribution in [1.29, 1.82) is 10.5 Å². The van der Waals surface area contributed by atoms with Crippen LogP contribution in [0.25, 0.3) is 0 Å². The summed E-state index contributed by atoms with van der Waals surface area (Å²) in [6.07, 6.45) is -0.493. The predicted molar refractivity (Wildman–Crippen MR) is 201 cm³/mol. The summed E-state index contributed by atoms with van der Waals surface area (Å²) in [5, 5.41) is 54.8. The van der Waals surface area contributed by atoms with Crippen LogP contribution in [0.15, 0.2) is 0 Å². The Kier molecular flexibility index (Phi) is 45.4. The third kappa shape index (κ3) is 27.4. The Bertz CT molecular complexity index is 1250. The van der Waals surface area contributed by atoms with Gasteiger partial charge in [-0.05, 0) is 30.1 Å². The summed E-state index contributed by atoms with van der Waals surface area (Å²) in [5.74, 6) is -4.62. The molecule has 0 aromatic rings. The summed E-state index contributed by atoms with van der Waals surface area (Å²) in [4.78, 5) is 80.8. The van der Waals surface area contributed by atoms with Crippen molar-refractivity contribution in [2.45, 2.75) is 98.8 Å². The number of rotatable bonds is 15. The SMILES string of the molecule is CC(C)[C@@H](C(=O)O)N1CCCNC1=O.CC(C)[C@H](N)C(=O)O.COC(=O)N(CCC#N)[C@H](C(=O)O)C(C)C.COC(=O)N(CCC#N)[C@H](C(=O)O)C(C)C.[CH3-].[K+].[Ni].[OH-]. The predicted octanol–water partition coefficient (Wildman–Crippen LogP) is -0.00445. The Balaban J connectivity index is -0.000000120. The minimum absolute atomic E-state index is 0. The molecule has 23 heteroatoms. The second kappa shape index (κ2) is 38.0. The number of aliphatic carboxylic acids is 4. The number of hydrogen-bond acceptors (Lipinski definition) is 13. The van der Waals surface area contributed by atoms with Crippen molar-refractivity contribution in [2.24, 2.45) is 29.4 Å². The Morgan fingerprint density at radius 1 is 0.741 bits per heavy atom. The van der Waals surface area contributed by atoms with E-state index in [0.29, 0.717) is 13.1 Å². The summed E-state index contributed by atoms with van der Waals surface area (Å²) in [7, 11) is 2.36. The molecule has 334 valence electrons. The Labute approximate surface area is 394 Å². The van der Waals surface area contributed by atoms with Crippen LogP contribution in [0.3, 0.4) is 0 Å². The van der Waals surface area contributed by atoms with E-state index >= 15 is 0 Å². The van der Waals surface area contributed by atoms with E-state index in [1.807, 2.05) is 12.1 Å². The zero-order valence-corrected chi connectivity index (χ0v) is 39.7. The van der Waals surface area contributed by atoms with Gasteiger partial charge in [-0.15, -0.1) is 0 Å². The van der Waals surface area contributed by atoms with Gasteiger partial charge in [0, 0.05) is 42.7 Å². The van der Waals surface area contributed by atoms with Gasteiger partial charge in [0.25, 0.3) is 0 Å². The molecule has 0 radical (unpaired) electrons. The van der Waals surface area contributed by atoms with Crippen molar-refractivity contribution in [3.05, 3.63) is 7.43 Å². The molecule has 21 nitrogen and oxygen atoms in total. The number of carboxylic acid groups (broad SMARTS) is 4. The Morgan fingerprint density at radius 3 is 1.29 bits per heavy atom. The zero-order valence-electron chi connectivity index (χ0n) is 35.6. The van der Waals surface area contributed by atoms with Gasteiger partial charge in [-0.2, -0.15) is 10.5 Å². The number of nitrogens with zero attached hydrogens (tertiary/aromatic N) is 5. The number of carboxylic acids is 4. The maximum atomic E-state index is 11.4. The summed E-state index contributed by atoms with van der Waals surface area (Å²) < 4.78 is 9.01. The maximum absolute atomic E-state index is 11.4. The summed E-state index contributed by atoms with van der Waals surface area (Å²) in [6, 6.07) is 0.100. The quantitative estimate of drug-likeness (QED) is 0.0930. The number of urea groups is 1. The van der Waals surface area contributed by atoms with Crippen molar-refractivity contribution in [1.82, 2.24) is 20.0 Å². The van der Waals surface area contributed by atoms with Crippen molar-refractivity contribution >= 4 is 42.1 Å². The van der Waals surface area contributed by atoms with Gasteiger partial charge in [-0.3, -0.25) is 14.6 Å². The molecule has 0 saturated carbocycles. The molecule has 58 heavy (non-hydrogen) atoms. The van der Waals surface area contributed by atoms with Gasteiger partial charge in [-0.25, -0.2) is 28.8 Å². The number of carbonyl (C=O) groups is 7. The third-order valence-electron chi connectivity index (χ3n) is 7.52. The van der Waals surface area contributed by atoms with E-state index in [2.05, 4.69) is 14.8 Å². The van der Waals surface area contributed by atoms with E-state index in [1.54, 1.807) is 55.4 Å². The van der Waals surface area contributed by atoms with Crippen molar-refractivity contribution in [3.63, 3.8) is 0 Å². The van der Waals surface area contributed by atoms with Crippen LogP contribution < -0.4 is 62.4 Å². The minimum Gasteiger partial charge on any atom is -0.870 e. The number of nitrogens with two attached hydrogens (primary N) is 1. The first-order chi connectivity index (χ1) is 25.0. The molecule has 0 aromatic carbocycles. The Morgan fingerprint density at radius 2 is 1.10 bits per heavy atom. The molecule has 1 saturated heterocycles. The molecular weight excluding hydrogens is 840 g/mol. The van der Waals surface area contributed by atoms with Crippen LogP contribution in [0, 0.1) is 53.8 Å². The fraction of sp³-hybridized carbons (Fsp3) is 0.714. The average Bonchev–Trinajstić information content (AvgIpc) is 3.07. The number of carbonyl (C=O) groups excluding carboxylic acids is 3. The van der Waals surface area contributed by atoms with Gasteiger partial charge >= 0.3 is 93.5 Å². The first kappa shape index (κ1) is 69.3. The molecule has 4 atom stereocenters. The van der Waals surface area contributed by atoms with E-state index in [-0.39, 0.29) is 136 Å². The van der Waals surface area contributed by atoms with Crippen LogP contribution >= 0.6 is 0 Å². The van der Waals surface area contributed by atoms with E-state index < -0.39 is 60.2 Å². The van der Waals surface area contributed by atoms with Gasteiger partial charge in [0.05, 0.1) is 39.2 Å². The standard InChI is InChI=1S/2C10H16N2O4.C9H16N2O3.C5H11NO2.CH3.K.Ni.H2O/c2*1-7(2)8(9(13)14)12(6-4-5-11)10(15)16-3;1-6(2)7(8(12)13)11-5-3-4-10-9(11)14;1-3(2)4(6)5(7)8;;;;/h2*7-8H,4,6H2,1-3H3,(H,13,14);6-7H,3-5H2,1-2H3,(H,10,14)(H,12,13);3-4H,6H2,1-2H3,(H,7,8);1H3;;;1H2/q;;;;-1;+1;;/p-1/t2*8-;7-;4-;;;;/m0000..../s1. The van der Waals surface area contributed by atoms with Gasteiger partial charge < -0.3 is 58.8 Å². The van der Waals surface area contributed by atoms with Crippen molar-refractivity contribution < 1.29 is 137 Å². The third-order valence-corrected chi connectivity index (χ3v) is 7.52. The van der Waals surface area contributed by atoms with Crippen molar-refractivity contribution in [2.75, 3.05) is 40.4 Å². The van der Waals surface area contributed by atoms with Gasteiger partial charge in [0.1, 0.15) is 24.2 Å². The molecule has 1 aliphatic heterocycles. The monoisotopic (exact) mass is 902 g/mol. The van der Waals surface area contributed by atoms with Crippen LogP contribution in [0.2, 0.25) is 0 Å². The number of ether oxygens (including phenoxy) is 2. The molecule has 1 fully saturated rings. The largest absolute Gasteiger partial charge is 1.00 e. The number of amides is 4. The molecule has 1 heterocycles. The number of hydrogen-bond donors (Lipinski definition) is 6. The van der Waals surface area contributed by atoms with Crippen LogP contribution in [0.1, 0.15) is 74.7 Å². The molecular formula is C35H63KN7NiO14-. The van der Waals surface area contributed by atoms with E-state index in [4.69, 9.17) is 36.7 Å². The van der Waals surface area contributed by atoms with E-state index in [9.17, 15) is 33.6 Å². The average molecular weight is 904 g/mol. The number of methoxy groups -OCH3 is 2. The van der Waals surface area contributed by atoms with Crippen LogP contribution in [0.4, 0.5) is 14.4 Å². The normalized spacial score (nSPS) is 13.1. The molecule has 1 rings (SSSR count). The first-order valence-electron chi connectivity index (χ1n) is 17.1. The summed E-state index contributed by atoms with van der Waals surface area (Å²) in [6.45, 7) is 15.2. The molecule has 0 unspecified atom stereocenters. The van der Waals surface area contributed by atoms with Crippen LogP contribution in [-0.2, 0) is 45.1 Å². The Hall–Kier alpha value is -3.28. The number of nitrogens with one attached hydrogen (secondary N) is 1. The summed E-state index contributed by atoms with van der Waals surface area (Å²) >= 11 is 0. The molecule has 1 aliphatic rings. The smallest absolute Gasteiger partial charge is 0.870 e. The topological polar surface area (TPSA) is 344 Å². The minimum atomic E-state index is -1.10. The fourth-order valence-electron chi connectivity index (χ4n) is 4.80. The van der Waals surface area contributed by atoms with Crippen LogP contribution in [0.5, 0.6) is 0 Å². The van der Waals surface area contributed by atoms with Crippen molar-refractivity contribution in [3.8, 4) is 12.1 Å². The second-order valence-electron chi connectivity index (χ2n) is 13.1. The van der Waals surface area contributed by atoms with Gasteiger partial charge in [-0.1, -0.05) is 55.4 Å². The first-order valence-corrected chi connectivity index (χ1v) is 17.1. The maximum Gasteiger partial charge on any atom is 1.00 e. The van der Waals surface area contributed by atoms with E-state index in [0.717, 1.165) is 16.2 Å². The summed E-state index contributed by atoms with van der Waals surface area (Å²) in [5.41, 5.74) is 5.16. The van der Waals surface area contributed by atoms with Gasteiger partial charge in [0.15, 0.2) is 0 Å². The van der Waals surface area contributed by atoms with Crippen LogP contribution in [-0.4, -0.2) is 147 Å². The molecule has 0 aromatic heterocycles. The molecule has 0 bridgehead atoms. The molecule has 8 N–H and O–H groups in total. The van der Waals surface area contributed by atoms with E-state index in [1.165, 1.54) is 19.1 Å². The fourth-order valence-corrected chi connectivity index (χ4v) is 4.80.